The number of nitrogens with zero attached hydrogens (tertiary/aromatic N) is 2. The van der Waals surface area contributed by atoms with Crippen molar-refractivity contribution in [2.75, 3.05) is 13.7 Å². The van der Waals surface area contributed by atoms with Crippen molar-refractivity contribution in [3.05, 3.63) is 78.5 Å². The maximum absolute atomic E-state index is 12.4. The van der Waals surface area contributed by atoms with Crippen molar-refractivity contribution in [2.24, 2.45) is 0 Å². The molecule has 1 N–H and O–H groups in total. The molecule has 0 aliphatic carbocycles. The Morgan fingerprint density at radius 3 is 2.61 bits per heavy atom. The quantitative estimate of drug-likeness (QED) is 0.401. The number of fused-ring (bicyclic) bond motifs is 1. The molecule has 1 amide bonds. The minimum Gasteiger partial charge on any atom is -0.497 e. The highest BCUT2D eigenvalue weighted by molar-refractivity contribution is 5.91. The zero-order chi connectivity index (χ0) is 21.6. The van der Waals surface area contributed by atoms with Crippen LogP contribution >= 0.6 is 0 Å². The minimum absolute atomic E-state index is 0.265. The van der Waals surface area contributed by atoms with E-state index < -0.39 is 0 Å². The van der Waals surface area contributed by atoms with Crippen LogP contribution in [0.3, 0.4) is 0 Å². The van der Waals surface area contributed by atoms with E-state index in [1.165, 1.54) is 6.26 Å². The average molecular weight is 419 g/mol. The van der Waals surface area contributed by atoms with Gasteiger partial charge in [0, 0.05) is 6.54 Å². The second-order valence-electron chi connectivity index (χ2n) is 7.16. The molecule has 0 saturated carbocycles. The number of aryl methyl sites for hydroxylation is 1. The summed E-state index contributed by atoms with van der Waals surface area (Å²) in [5, 5.41) is 2.97. The minimum atomic E-state index is -0.285. The van der Waals surface area contributed by atoms with Gasteiger partial charge in [-0.25, -0.2) is 4.98 Å². The fourth-order valence-corrected chi connectivity index (χ4v) is 3.48. The molecule has 0 unspecified atom stereocenters. The number of hydrogen-bond donors (Lipinski definition) is 1. The van der Waals surface area contributed by atoms with E-state index in [1.54, 1.807) is 19.2 Å². The third-order valence-corrected chi connectivity index (χ3v) is 5.02. The van der Waals surface area contributed by atoms with Gasteiger partial charge >= 0.3 is 0 Å². The molecule has 0 bridgehead atoms. The lowest BCUT2D eigenvalue weighted by molar-refractivity contribution is 0.0909. The third kappa shape index (κ3) is 4.71. The van der Waals surface area contributed by atoms with Crippen LogP contribution in [0, 0.1) is 0 Å². The molecule has 2 aromatic carbocycles. The predicted molar refractivity (Wildman–Crippen MR) is 117 cm³/mol. The normalized spacial score (nSPS) is 11.9. The number of rotatable bonds is 9. The summed E-state index contributed by atoms with van der Waals surface area (Å²) in [5.74, 6) is 2.41. The van der Waals surface area contributed by atoms with Gasteiger partial charge in [0.05, 0.1) is 37.1 Å². The van der Waals surface area contributed by atoms with Gasteiger partial charge in [-0.3, -0.25) is 4.79 Å². The number of nitrogens with one attached hydrogen (secondary N) is 1. The van der Waals surface area contributed by atoms with Crippen molar-refractivity contribution in [2.45, 2.75) is 25.9 Å². The summed E-state index contributed by atoms with van der Waals surface area (Å²) in [6.45, 7) is 3.20. The molecule has 0 fully saturated rings. The zero-order valence-corrected chi connectivity index (χ0v) is 17.6. The molecule has 4 rings (SSSR count). The number of hydrogen-bond acceptors (Lipinski definition) is 5. The molecule has 0 radical (unpaired) electrons. The number of para-hydroxylation sites is 2. The molecule has 0 aliphatic rings. The summed E-state index contributed by atoms with van der Waals surface area (Å²) in [5.41, 5.74) is 1.92. The fraction of sp³-hybridized carbons (Fsp3) is 0.250. The summed E-state index contributed by atoms with van der Waals surface area (Å²) in [7, 11) is 1.64. The van der Waals surface area contributed by atoms with Crippen molar-refractivity contribution in [1.29, 1.82) is 0 Å². The van der Waals surface area contributed by atoms with Crippen LogP contribution in [0.1, 0.15) is 35.8 Å². The first kappa shape index (κ1) is 20.5. The molecule has 7 heteroatoms. The second kappa shape index (κ2) is 9.38. The van der Waals surface area contributed by atoms with E-state index >= 15 is 0 Å². The van der Waals surface area contributed by atoms with Crippen molar-refractivity contribution >= 4 is 16.9 Å². The lowest BCUT2D eigenvalue weighted by atomic mass is 10.2. The Kier molecular flexibility index (Phi) is 6.21. The first-order valence-electron chi connectivity index (χ1n) is 10.2. The molecule has 0 aliphatic heterocycles. The van der Waals surface area contributed by atoms with Gasteiger partial charge in [0.15, 0.2) is 5.76 Å². The lowest BCUT2D eigenvalue weighted by Crippen LogP contribution is -2.28. The Hall–Kier alpha value is -3.74. The first-order valence-corrected chi connectivity index (χ1v) is 10.2. The number of benzene rings is 2. The Balaban J connectivity index is 1.45. The number of imidazole rings is 1. The molecular formula is C24H25N3O4. The van der Waals surface area contributed by atoms with E-state index in [9.17, 15) is 4.79 Å². The molecule has 160 valence electrons. The van der Waals surface area contributed by atoms with E-state index in [2.05, 4.69) is 9.88 Å². The number of ether oxygens (including phenoxy) is 2. The summed E-state index contributed by atoms with van der Waals surface area (Å²) >= 11 is 0. The molecule has 0 spiro atoms. The highest BCUT2D eigenvalue weighted by Gasteiger charge is 2.20. The zero-order valence-electron chi connectivity index (χ0n) is 17.6. The highest BCUT2D eigenvalue weighted by Crippen LogP contribution is 2.22. The Morgan fingerprint density at radius 1 is 1.10 bits per heavy atom. The molecule has 4 aromatic rings. The molecular weight excluding hydrogens is 394 g/mol. The van der Waals surface area contributed by atoms with E-state index in [4.69, 9.17) is 18.9 Å². The summed E-state index contributed by atoms with van der Waals surface area (Å²) in [4.78, 5) is 17.2. The predicted octanol–water partition coefficient (Wildman–Crippen LogP) is 4.60. The largest absolute Gasteiger partial charge is 0.497 e. The topological polar surface area (TPSA) is 78.5 Å². The monoisotopic (exact) mass is 419 g/mol. The first-order chi connectivity index (χ1) is 15.2. The van der Waals surface area contributed by atoms with Crippen molar-refractivity contribution in [3.63, 3.8) is 0 Å². The van der Waals surface area contributed by atoms with Crippen LogP contribution in [-0.2, 0) is 6.54 Å². The third-order valence-electron chi connectivity index (χ3n) is 5.02. The SMILES string of the molecule is COc1ccc(OCCCn2c([C@H](C)NC(=O)c3ccco3)nc3ccccc32)cc1. The van der Waals surface area contributed by atoms with Crippen LogP contribution in [0.5, 0.6) is 11.5 Å². The summed E-state index contributed by atoms with van der Waals surface area (Å²) in [6.07, 6.45) is 2.27. The van der Waals surface area contributed by atoms with Gasteiger partial charge in [0.25, 0.3) is 5.91 Å². The molecule has 2 heterocycles. The maximum atomic E-state index is 12.4. The van der Waals surface area contributed by atoms with Crippen LogP contribution in [0.15, 0.2) is 71.3 Å². The van der Waals surface area contributed by atoms with Crippen molar-refractivity contribution < 1.29 is 18.7 Å². The molecule has 2 aromatic heterocycles. The molecule has 0 saturated heterocycles. The molecule has 1 atom stereocenters. The van der Waals surface area contributed by atoms with Crippen LogP contribution in [0.2, 0.25) is 0 Å². The maximum Gasteiger partial charge on any atom is 0.287 e. The number of furan rings is 1. The lowest BCUT2D eigenvalue weighted by Gasteiger charge is -2.16. The van der Waals surface area contributed by atoms with Crippen LogP contribution in [0.25, 0.3) is 11.0 Å². The molecule has 31 heavy (non-hydrogen) atoms. The number of carbonyl (C=O) groups excluding carboxylic acids is 1. The van der Waals surface area contributed by atoms with E-state index in [-0.39, 0.29) is 17.7 Å². The smallest absolute Gasteiger partial charge is 0.287 e. The van der Waals surface area contributed by atoms with E-state index in [0.29, 0.717) is 13.2 Å². The van der Waals surface area contributed by atoms with Crippen LogP contribution in [-0.4, -0.2) is 29.2 Å². The second-order valence-corrected chi connectivity index (χ2v) is 7.16. The van der Waals surface area contributed by atoms with Crippen LogP contribution < -0.4 is 14.8 Å². The van der Waals surface area contributed by atoms with Gasteiger partial charge < -0.3 is 23.8 Å². The van der Waals surface area contributed by atoms with Gasteiger partial charge in [-0.2, -0.15) is 0 Å². The van der Waals surface area contributed by atoms with E-state index in [1.807, 2.05) is 55.5 Å². The average Bonchev–Trinajstić information content (AvgIpc) is 3.46. The Bertz CT molecular complexity index is 1130. The number of amides is 1. The number of methoxy groups -OCH3 is 1. The summed E-state index contributed by atoms with van der Waals surface area (Å²) < 4.78 is 18.4. The molecule has 7 nitrogen and oxygen atoms in total. The highest BCUT2D eigenvalue weighted by atomic mass is 16.5. The van der Waals surface area contributed by atoms with Gasteiger partial charge in [-0.1, -0.05) is 12.1 Å². The fourth-order valence-electron chi connectivity index (χ4n) is 3.48. The van der Waals surface area contributed by atoms with E-state index in [0.717, 1.165) is 34.8 Å². The standard InChI is InChI=1S/C24H25N3O4/c1-17(25-24(28)22-9-5-15-31-22)23-26-20-7-3-4-8-21(20)27(23)14-6-16-30-19-12-10-18(29-2)11-13-19/h3-5,7-13,15,17H,6,14,16H2,1-2H3,(H,25,28)/t17-/m0/s1. The van der Waals surface area contributed by atoms with Gasteiger partial charge in [-0.15, -0.1) is 0 Å². The van der Waals surface area contributed by atoms with Crippen molar-refractivity contribution in [3.8, 4) is 11.5 Å². The van der Waals surface area contributed by atoms with Gasteiger partial charge in [0.1, 0.15) is 17.3 Å². The number of carbonyl (C=O) groups is 1. The van der Waals surface area contributed by atoms with Crippen LogP contribution in [0.4, 0.5) is 0 Å². The Labute approximate surface area is 180 Å². The number of aromatic nitrogens is 2. The van der Waals surface area contributed by atoms with Crippen molar-refractivity contribution in [1.82, 2.24) is 14.9 Å². The van der Waals surface area contributed by atoms with Gasteiger partial charge in [0.2, 0.25) is 0 Å². The van der Waals surface area contributed by atoms with Gasteiger partial charge in [-0.05, 0) is 61.9 Å². The summed E-state index contributed by atoms with van der Waals surface area (Å²) in [6, 6.07) is 18.5. The Morgan fingerprint density at radius 2 is 1.87 bits per heavy atom.